The summed E-state index contributed by atoms with van der Waals surface area (Å²) in [6.45, 7) is 5.82. The van der Waals surface area contributed by atoms with E-state index in [0.29, 0.717) is 6.61 Å². The Morgan fingerprint density at radius 3 is 2.70 bits per heavy atom. The molecule has 0 aliphatic carbocycles. The molecular weight excluding hydrogens is 243 g/mol. The van der Waals surface area contributed by atoms with Gasteiger partial charge in [0.1, 0.15) is 0 Å². The van der Waals surface area contributed by atoms with Gasteiger partial charge in [-0.2, -0.15) is 0 Å². The van der Waals surface area contributed by atoms with Gasteiger partial charge in [-0.15, -0.1) is 24.0 Å². The van der Waals surface area contributed by atoms with E-state index in [2.05, 4.69) is 11.3 Å². The number of hydrogen-bond acceptors (Lipinski definition) is 2. The molecule has 0 saturated heterocycles. The summed E-state index contributed by atoms with van der Waals surface area (Å²) < 4.78 is 4.67. The molecule has 0 rings (SSSR count). The summed E-state index contributed by atoms with van der Waals surface area (Å²) >= 11 is 0. The monoisotopic (exact) mass is 256 g/mol. The molecule has 60 valence electrons. The van der Waals surface area contributed by atoms with Gasteiger partial charge in [-0.1, -0.05) is 19.9 Å². The molecule has 0 aliphatic heterocycles. The minimum atomic E-state index is -0.330. The maximum Gasteiger partial charge on any atom is 0.330 e. The van der Waals surface area contributed by atoms with Crippen molar-refractivity contribution in [3.63, 3.8) is 0 Å². The predicted molar refractivity (Wildman–Crippen MR) is 51.5 cm³/mol. The quantitative estimate of drug-likeness (QED) is 0.333. The van der Waals surface area contributed by atoms with E-state index in [-0.39, 0.29) is 29.9 Å². The van der Waals surface area contributed by atoms with Crippen molar-refractivity contribution in [2.75, 3.05) is 6.61 Å². The molecule has 0 spiro atoms. The molecule has 2 nitrogen and oxygen atoms in total. The van der Waals surface area contributed by atoms with Crippen LogP contribution in [0.3, 0.4) is 0 Å². The van der Waals surface area contributed by atoms with Gasteiger partial charge < -0.3 is 4.74 Å². The highest BCUT2D eigenvalue weighted by atomic mass is 127. The van der Waals surface area contributed by atoms with Crippen molar-refractivity contribution in [3.05, 3.63) is 12.7 Å². The Bertz CT molecular complexity index is 102. The lowest BCUT2D eigenvalue weighted by Crippen LogP contribution is -2.00. The average molecular weight is 256 g/mol. The van der Waals surface area contributed by atoms with Crippen molar-refractivity contribution in [1.29, 1.82) is 0 Å². The van der Waals surface area contributed by atoms with Gasteiger partial charge in [-0.05, 0) is 6.42 Å². The van der Waals surface area contributed by atoms with Crippen molar-refractivity contribution in [1.82, 2.24) is 0 Å². The van der Waals surface area contributed by atoms with E-state index < -0.39 is 0 Å². The van der Waals surface area contributed by atoms with Gasteiger partial charge in [0.2, 0.25) is 0 Å². The summed E-state index contributed by atoms with van der Waals surface area (Å²) in [5.41, 5.74) is 0. The smallest absolute Gasteiger partial charge is 0.330 e. The Labute approximate surface area is 78.7 Å². The van der Waals surface area contributed by atoms with Crippen LogP contribution in [0, 0.1) is 0 Å². The number of unbranched alkanes of at least 4 members (excludes halogenated alkanes) is 1. The number of carbonyl (C=O) groups is 1. The molecule has 0 fully saturated rings. The van der Waals surface area contributed by atoms with Crippen LogP contribution in [0.25, 0.3) is 0 Å². The van der Waals surface area contributed by atoms with Gasteiger partial charge in [0, 0.05) is 6.08 Å². The van der Waals surface area contributed by atoms with Gasteiger partial charge >= 0.3 is 5.97 Å². The fourth-order valence-electron chi connectivity index (χ4n) is 0.376. The van der Waals surface area contributed by atoms with E-state index in [1.54, 1.807) is 0 Å². The number of esters is 1. The third-order valence-corrected chi connectivity index (χ3v) is 0.909. The van der Waals surface area contributed by atoms with E-state index in [0.717, 1.165) is 12.8 Å². The Balaban J connectivity index is 0. The van der Waals surface area contributed by atoms with E-state index >= 15 is 0 Å². The van der Waals surface area contributed by atoms with Crippen LogP contribution >= 0.6 is 24.0 Å². The highest BCUT2D eigenvalue weighted by Crippen LogP contribution is 1.88. The summed E-state index contributed by atoms with van der Waals surface area (Å²) in [6, 6.07) is 0. The SMILES string of the molecule is C=CC(=O)OCCCC.I. The normalized spacial score (nSPS) is 7.70. The first-order valence-electron chi connectivity index (χ1n) is 3.10. The summed E-state index contributed by atoms with van der Waals surface area (Å²) in [5, 5.41) is 0. The van der Waals surface area contributed by atoms with Crippen molar-refractivity contribution < 1.29 is 9.53 Å². The minimum Gasteiger partial charge on any atom is -0.463 e. The fourth-order valence-corrected chi connectivity index (χ4v) is 0.376. The number of hydrogen-bond donors (Lipinski definition) is 0. The second-order valence-corrected chi connectivity index (χ2v) is 1.73. The second-order valence-electron chi connectivity index (χ2n) is 1.73. The standard InChI is InChI=1S/C7H12O2.HI/c1-3-5-6-9-7(8)4-2;/h4H,2-3,5-6H2,1H3;1H. The molecule has 10 heavy (non-hydrogen) atoms. The predicted octanol–water partition coefficient (Wildman–Crippen LogP) is 2.13. The molecule has 0 heterocycles. The molecule has 0 aliphatic rings. The molecular formula is C7H13IO2. The van der Waals surface area contributed by atoms with Crippen LogP contribution in [0.4, 0.5) is 0 Å². The van der Waals surface area contributed by atoms with Crippen molar-refractivity contribution in [3.8, 4) is 0 Å². The van der Waals surface area contributed by atoms with Crippen LogP contribution in [0.2, 0.25) is 0 Å². The Morgan fingerprint density at radius 2 is 2.30 bits per heavy atom. The van der Waals surface area contributed by atoms with E-state index in [1.165, 1.54) is 6.08 Å². The average Bonchev–Trinajstić information content (AvgIpc) is 1.89. The molecule has 0 N–H and O–H groups in total. The molecule has 0 aromatic carbocycles. The topological polar surface area (TPSA) is 26.3 Å². The van der Waals surface area contributed by atoms with Gasteiger partial charge in [-0.25, -0.2) is 4.79 Å². The first-order valence-corrected chi connectivity index (χ1v) is 3.10. The van der Waals surface area contributed by atoms with Crippen molar-refractivity contribution >= 4 is 29.9 Å². The Kier molecular flexibility index (Phi) is 11.3. The van der Waals surface area contributed by atoms with Crippen LogP contribution in [0.15, 0.2) is 12.7 Å². The van der Waals surface area contributed by atoms with Gasteiger partial charge in [-0.3, -0.25) is 0 Å². The van der Waals surface area contributed by atoms with E-state index in [9.17, 15) is 4.79 Å². The number of halogens is 1. The fraction of sp³-hybridized carbons (Fsp3) is 0.571. The van der Waals surface area contributed by atoms with Crippen LogP contribution in [-0.2, 0) is 9.53 Å². The molecule has 0 unspecified atom stereocenters. The zero-order valence-corrected chi connectivity index (χ0v) is 8.46. The number of carbonyl (C=O) groups excluding carboxylic acids is 1. The van der Waals surface area contributed by atoms with Crippen LogP contribution < -0.4 is 0 Å². The minimum absolute atomic E-state index is 0. The molecule has 0 amide bonds. The highest BCUT2D eigenvalue weighted by molar-refractivity contribution is 14.0. The van der Waals surface area contributed by atoms with Crippen LogP contribution in [0.5, 0.6) is 0 Å². The molecule has 0 atom stereocenters. The lowest BCUT2D eigenvalue weighted by atomic mass is 10.4. The van der Waals surface area contributed by atoms with Crippen molar-refractivity contribution in [2.24, 2.45) is 0 Å². The number of ether oxygens (including phenoxy) is 1. The Morgan fingerprint density at radius 1 is 1.70 bits per heavy atom. The third-order valence-electron chi connectivity index (χ3n) is 0.909. The largest absolute Gasteiger partial charge is 0.463 e. The zero-order valence-electron chi connectivity index (χ0n) is 6.13. The summed E-state index contributed by atoms with van der Waals surface area (Å²) in [6.07, 6.45) is 3.15. The Hall–Kier alpha value is -0.0600. The molecule has 0 saturated carbocycles. The maximum atomic E-state index is 10.3. The summed E-state index contributed by atoms with van der Waals surface area (Å²) in [7, 11) is 0. The van der Waals surface area contributed by atoms with Crippen LogP contribution in [0.1, 0.15) is 19.8 Å². The first-order chi connectivity index (χ1) is 4.31. The summed E-state index contributed by atoms with van der Waals surface area (Å²) in [5.74, 6) is -0.330. The zero-order chi connectivity index (χ0) is 7.11. The first kappa shape index (κ1) is 12.6. The molecule has 0 bridgehead atoms. The molecule has 0 aromatic heterocycles. The van der Waals surface area contributed by atoms with Crippen molar-refractivity contribution in [2.45, 2.75) is 19.8 Å². The lowest BCUT2D eigenvalue weighted by Gasteiger charge is -1.97. The van der Waals surface area contributed by atoms with Gasteiger partial charge in [0.05, 0.1) is 6.61 Å². The summed E-state index contributed by atoms with van der Waals surface area (Å²) in [4.78, 5) is 10.3. The number of rotatable bonds is 4. The van der Waals surface area contributed by atoms with Gasteiger partial charge in [0.15, 0.2) is 0 Å². The van der Waals surface area contributed by atoms with Crippen LogP contribution in [-0.4, -0.2) is 12.6 Å². The second kappa shape index (κ2) is 8.94. The molecule has 3 heteroatoms. The maximum absolute atomic E-state index is 10.3. The van der Waals surface area contributed by atoms with E-state index in [1.807, 2.05) is 6.92 Å². The third kappa shape index (κ3) is 7.94. The highest BCUT2D eigenvalue weighted by Gasteiger charge is 1.91. The molecule has 0 aromatic rings. The lowest BCUT2D eigenvalue weighted by molar-refractivity contribution is -0.137. The van der Waals surface area contributed by atoms with Gasteiger partial charge in [0.25, 0.3) is 0 Å². The molecule has 0 radical (unpaired) electrons. The van der Waals surface area contributed by atoms with E-state index in [4.69, 9.17) is 0 Å².